The van der Waals surface area contributed by atoms with Crippen molar-refractivity contribution in [2.75, 3.05) is 6.61 Å². The van der Waals surface area contributed by atoms with Gasteiger partial charge in [0.05, 0.1) is 12.7 Å². The van der Waals surface area contributed by atoms with E-state index in [4.69, 9.17) is 20.8 Å². The van der Waals surface area contributed by atoms with E-state index in [1.54, 1.807) is 0 Å². The average molecular weight is 266 g/mol. The van der Waals surface area contributed by atoms with Crippen LogP contribution in [0.2, 0.25) is 0 Å². The van der Waals surface area contributed by atoms with Gasteiger partial charge in [0.1, 0.15) is 5.52 Å². The van der Waals surface area contributed by atoms with Crippen molar-refractivity contribution in [2.45, 2.75) is 31.2 Å². The largest absolute Gasteiger partial charge is 0.441 e. The minimum absolute atomic E-state index is 0.0306. The maximum atomic E-state index is 6.43. The number of hydrogen-bond acceptors (Lipinski definition) is 3. The quantitative estimate of drug-likeness (QED) is 0.798. The van der Waals surface area contributed by atoms with Crippen molar-refractivity contribution in [2.24, 2.45) is 5.92 Å². The van der Waals surface area contributed by atoms with Crippen LogP contribution in [-0.4, -0.2) is 23.1 Å². The number of aromatic nitrogens is 1. The second-order valence-electron chi connectivity index (χ2n) is 4.94. The highest BCUT2D eigenvalue weighted by atomic mass is 35.5. The van der Waals surface area contributed by atoms with Crippen LogP contribution in [0.15, 0.2) is 28.7 Å². The van der Waals surface area contributed by atoms with E-state index in [-0.39, 0.29) is 5.38 Å². The zero-order valence-electron chi connectivity index (χ0n) is 10.3. The van der Waals surface area contributed by atoms with Crippen molar-refractivity contribution in [3.63, 3.8) is 0 Å². The van der Waals surface area contributed by atoms with Crippen molar-refractivity contribution in [3.8, 4) is 0 Å². The Hall–Kier alpha value is -1.06. The van der Waals surface area contributed by atoms with Gasteiger partial charge >= 0.3 is 0 Å². The molecule has 1 aliphatic heterocycles. The molecule has 2 aromatic rings. The number of para-hydroxylation sites is 2. The summed E-state index contributed by atoms with van der Waals surface area (Å²) in [5, 5.41) is 0.0306. The van der Waals surface area contributed by atoms with Crippen LogP contribution in [0.4, 0.5) is 0 Å². The van der Waals surface area contributed by atoms with E-state index in [0.717, 1.165) is 30.0 Å². The topological polar surface area (TPSA) is 35.3 Å². The molecule has 18 heavy (non-hydrogen) atoms. The molecule has 0 aliphatic carbocycles. The molecule has 4 heteroatoms. The maximum Gasteiger partial charge on any atom is 0.196 e. The van der Waals surface area contributed by atoms with E-state index in [2.05, 4.69) is 11.9 Å². The maximum absolute atomic E-state index is 6.43. The summed E-state index contributed by atoms with van der Waals surface area (Å²) >= 11 is 6.43. The number of rotatable bonds is 3. The molecule has 1 aromatic carbocycles. The van der Waals surface area contributed by atoms with Gasteiger partial charge in [-0.05, 0) is 25.5 Å². The third-order valence-corrected chi connectivity index (χ3v) is 3.96. The fourth-order valence-corrected chi connectivity index (χ4v) is 2.75. The summed E-state index contributed by atoms with van der Waals surface area (Å²) in [6.45, 7) is 2.83. The van der Waals surface area contributed by atoms with E-state index in [1.807, 2.05) is 24.3 Å². The van der Waals surface area contributed by atoms with Crippen molar-refractivity contribution in [1.29, 1.82) is 0 Å². The Balaban J connectivity index is 1.71. The highest BCUT2D eigenvalue weighted by Crippen LogP contribution is 2.28. The molecule has 0 N–H and O–H groups in total. The molecule has 0 radical (unpaired) electrons. The fourth-order valence-electron chi connectivity index (χ4n) is 2.44. The Bertz CT molecular complexity index is 506. The number of oxazole rings is 1. The summed E-state index contributed by atoms with van der Waals surface area (Å²) in [7, 11) is 0. The first-order valence-electron chi connectivity index (χ1n) is 6.32. The predicted octanol–water partition coefficient (Wildman–Crippen LogP) is 3.40. The minimum atomic E-state index is 0.0306. The number of hydrogen-bond donors (Lipinski definition) is 0. The molecule has 96 valence electrons. The first kappa shape index (κ1) is 12.0. The third kappa shape index (κ3) is 2.38. The monoisotopic (exact) mass is 265 g/mol. The van der Waals surface area contributed by atoms with Crippen LogP contribution in [0.5, 0.6) is 0 Å². The summed E-state index contributed by atoms with van der Waals surface area (Å²) in [5.41, 5.74) is 1.72. The molecule has 0 amide bonds. The molecule has 1 fully saturated rings. The molecule has 3 atom stereocenters. The van der Waals surface area contributed by atoms with Gasteiger partial charge in [-0.1, -0.05) is 12.1 Å². The smallest absolute Gasteiger partial charge is 0.196 e. The lowest BCUT2D eigenvalue weighted by Gasteiger charge is -2.13. The number of alkyl halides is 1. The first-order chi connectivity index (χ1) is 8.72. The number of benzene rings is 1. The molecule has 1 saturated heterocycles. The molecule has 0 spiro atoms. The number of ether oxygens (including phenoxy) is 1. The van der Waals surface area contributed by atoms with Crippen LogP contribution in [0, 0.1) is 5.92 Å². The van der Waals surface area contributed by atoms with Crippen LogP contribution in [0.3, 0.4) is 0 Å². The fraction of sp³-hybridized carbons (Fsp3) is 0.500. The van der Waals surface area contributed by atoms with E-state index >= 15 is 0 Å². The minimum Gasteiger partial charge on any atom is -0.441 e. The molecular formula is C14H16ClNO2. The lowest BCUT2D eigenvalue weighted by atomic mass is 10.00. The number of nitrogens with zero attached hydrogens (tertiary/aromatic N) is 1. The zero-order valence-corrected chi connectivity index (χ0v) is 11.1. The summed E-state index contributed by atoms with van der Waals surface area (Å²) < 4.78 is 11.2. The Morgan fingerprint density at radius 1 is 1.44 bits per heavy atom. The van der Waals surface area contributed by atoms with Gasteiger partial charge in [-0.15, -0.1) is 11.6 Å². The molecule has 1 aromatic heterocycles. The summed E-state index contributed by atoms with van der Waals surface area (Å²) in [4.78, 5) is 4.45. The van der Waals surface area contributed by atoms with Crippen LogP contribution in [0.1, 0.15) is 19.2 Å². The molecule has 2 heterocycles. The van der Waals surface area contributed by atoms with Gasteiger partial charge in [-0.3, -0.25) is 0 Å². The second-order valence-corrected chi connectivity index (χ2v) is 5.50. The average Bonchev–Trinajstić information content (AvgIpc) is 2.94. The Kier molecular flexibility index (Phi) is 3.27. The van der Waals surface area contributed by atoms with Crippen molar-refractivity contribution < 1.29 is 9.15 Å². The van der Waals surface area contributed by atoms with E-state index in [0.29, 0.717) is 18.4 Å². The first-order valence-corrected chi connectivity index (χ1v) is 6.76. The zero-order chi connectivity index (χ0) is 12.5. The van der Waals surface area contributed by atoms with E-state index in [9.17, 15) is 0 Å². The molecule has 3 rings (SSSR count). The van der Waals surface area contributed by atoms with Gasteiger partial charge in [0.15, 0.2) is 11.5 Å². The SMILES string of the molecule is CC1CC(C(Cl)Cc2nc3ccccc3o2)CO1. The second kappa shape index (κ2) is 4.90. The lowest BCUT2D eigenvalue weighted by molar-refractivity contribution is 0.119. The highest BCUT2D eigenvalue weighted by molar-refractivity contribution is 6.20. The van der Waals surface area contributed by atoms with Gasteiger partial charge in [-0.25, -0.2) is 4.98 Å². The lowest BCUT2D eigenvalue weighted by Crippen LogP contribution is -2.17. The van der Waals surface area contributed by atoms with E-state index in [1.165, 1.54) is 0 Å². The highest BCUT2D eigenvalue weighted by Gasteiger charge is 2.29. The van der Waals surface area contributed by atoms with Crippen LogP contribution >= 0.6 is 11.6 Å². The molecule has 0 bridgehead atoms. The Morgan fingerprint density at radius 3 is 3.00 bits per heavy atom. The Morgan fingerprint density at radius 2 is 2.28 bits per heavy atom. The van der Waals surface area contributed by atoms with E-state index < -0.39 is 0 Å². The van der Waals surface area contributed by atoms with Gasteiger partial charge in [-0.2, -0.15) is 0 Å². The number of fused-ring (bicyclic) bond motifs is 1. The molecule has 3 unspecified atom stereocenters. The van der Waals surface area contributed by atoms with Crippen molar-refractivity contribution in [1.82, 2.24) is 4.98 Å². The summed E-state index contributed by atoms with van der Waals surface area (Å²) in [6, 6.07) is 7.78. The van der Waals surface area contributed by atoms with Gasteiger partial charge < -0.3 is 9.15 Å². The molecular weight excluding hydrogens is 250 g/mol. The summed E-state index contributed by atoms with van der Waals surface area (Å²) in [6.07, 6.45) is 2.01. The molecule has 0 saturated carbocycles. The van der Waals surface area contributed by atoms with Crippen LogP contribution in [-0.2, 0) is 11.2 Å². The number of halogens is 1. The third-order valence-electron chi connectivity index (χ3n) is 3.45. The van der Waals surface area contributed by atoms with Crippen molar-refractivity contribution >= 4 is 22.7 Å². The summed E-state index contributed by atoms with van der Waals surface area (Å²) in [5.74, 6) is 1.12. The normalized spacial score (nSPS) is 25.7. The molecule has 3 nitrogen and oxygen atoms in total. The van der Waals surface area contributed by atoms with Crippen LogP contribution in [0.25, 0.3) is 11.1 Å². The van der Waals surface area contributed by atoms with Crippen molar-refractivity contribution in [3.05, 3.63) is 30.2 Å². The van der Waals surface area contributed by atoms with Gasteiger partial charge in [0.25, 0.3) is 0 Å². The predicted molar refractivity (Wildman–Crippen MR) is 70.9 cm³/mol. The van der Waals surface area contributed by atoms with Gasteiger partial charge in [0.2, 0.25) is 0 Å². The van der Waals surface area contributed by atoms with Gasteiger partial charge in [0, 0.05) is 17.7 Å². The van der Waals surface area contributed by atoms with Crippen LogP contribution < -0.4 is 0 Å². The standard InChI is InChI=1S/C14H16ClNO2/c1-9-6-10(8-17-9)11(15)7-14-16-12-4-2-3-5-13(12)18-14/h2-5,9-11H,6-8H2,1H3. The molecule has 1 aliphatic rings. The Labute approximate surface area is 111 Å².